The topological polar surface area (TPSA) is 12.0 Å². The largest absolute Gasteiger partial charge is 0.355 e. The predicted octanol–water partition coefficient (Wildman–Crippen LogP) is 6.39. The lowest BCUT2D eigenvalue weighted by molar-refractivity contribution is 0.590. The molecule has 0 saturated heterocycles. The van der Waals surface area contributed by atoms with Crippen molar-refractivity contribution in [1.82, 2.24) is 0 Å². The molecule has 0 saturated carbocycles. The first-order valence-electron chi connectivity index (χ1n) is 10.1. The third kappa shape index (κ3) is 3.62. The zero-order valence-electron chi connectivity index (χ0n) is 18.6. The molecule has 0 atom stereocenters. The Morgan fingerprint density at radius 2 is 1.48 bits per heavy atom. The quantitative estimate of drug-likeness (QED) is 0.590. The Bertz CT molecular complexity index is 991. The van der Waals surface area contributed by atoms with Crippen LogP contribution in [-0.2, 0) is 5.41 Å². The van der Waals surface area contributed by atoms with E-state index in [0.29, 0.717) is 5.69 Å². The van der Waals surface area contributed by atoms with Crippen molar-refractivity contribution in [2.75, 3.05) is 5.32 Å². The fraction of sp³-hybridized carbons (Fsp3) is 0.182. The lowest BCUT2D eigenvalue weighted by Crippen LogP contribution is -2.10. The van der Waals surface area contributed by atoms with Crippen LogP contribution in [0, 0.1) is 0 Å². The third-order valence-corrected chi connectivity index (χ3v) is 3.75. The summed E-state index contributed by atoms with van der Waals surface area (Å²) in [5.41, 5.74) is 3.93. The monoisotopic (exact) mass is 306 g/mol. The number of hydrogen-bond donors (Lipinski definition) is 1. The highest BCUT2D eigenvalue weighted by atomic mass is 14.9. The standard InChI is InChI=1S/C22H23N/c1-22(2,3)18-15-13-17(14-16-18)20-11-7-8-12-21(20)23-19-9-5-4-6-10-19/h4-16,23H,1-3H3/i4D,5D,6D,9D,10D. The van der Waals surface area contributed by atoms with Crippen LogP contribution in [0.3, 0.4) is 0 Å². The van der Waals surface area contributed by atoms with Gasteiger partial charge in [0.25, 0.3) is 0 Å². The van der Waals surface area contributed by atoms with E-state index >= 15 is 0 Å². The van der Waals surface area contributed by atoms with Gasteiger partial charge in [0.05, 0.1) is 6.85 Å². The molecule has 0 fully saturated rings. The molecule has 0 aliphatic carbocycles. The molecule has 1 N–H and O–H groups in total. The second-order valence-electron chi connectivity index (χ2n) is 6.50. The van der Waals surface area contributed by atoms with Gasteiger partial charge in [-0.25, -0.2) is 0 Å². The first kappa shape index (κ1) is 10.3. The minimum atomic E-state index is -0.397. The predicted molar refractivity (Wildman–Crippen MR) is 100 cm³/mol. The fourth-order valence-electron chi connectivity index (χ4n) is 2.44. The molecule has 0 bridgehead atoms. The van der Waals surface area contributed by atoms with E-state index in [-0.39, 0.29) is 35.3 Å². The van der Waals surface area contributed by atoms with Gasteiger partial charge in [0, 0.05) is 16.9 Å². The van der Waals surface area contributed by atoms with Crippen molar-refractivity contribution < 1.29 is 6.85 Å². The number of nitrogens with one attached hydrogen (secondary N) is 1. The summed E-state index contributed by atoms with van der Waals surface area (Å²) in [5, 5.41) is 3.06. The van der Waals surface area contributed by atoms with Crippen LogP contribution in [0.5, 0.6) is 0 Å². The van der Waals surface area contributed by atoms with Gasteiger partial charge in [0.1, 0.15) is 0 Å². The molecule has 23 heavy (non-hydrogen) atoms. The summed E-state index contributed by atoms with van der Waals surface area (Å²) in [7, 11) is 0. The van der Waals surface area contributed by atoms with E-state index in [1.165, 1.54) is 5.56 Å². The molecule has 3 aromatic carbocycles. The van der Waals surface area contributed by atoms with Crippen molar-refractivity contribution in [2.45, 2.75) is 26.2 Å². The van der Waals surface area contributed by atoms with Crippen molar-refractivity contribution in [2.24, 2.45) is 0 Å². The third-order valence-electron chi connectivity index (χ3n) is 3.75. The Morgan fingerprint density at radius 3 is 2.13 bits per heavy atom. The molecule has 0 aromatic heterocycles. The van der Waals surface area contributed by atoms with Gasteiger partial charge < -0.3 is 5.32 Å². The minimum Gasteiger partial charge on any atom is -0.355 e. The Hall–Kier alpha value is -2.54. The molecule has 0 aliphatic rings. The summed E-state index contributed by atoms with van der Waals surface area (Å²) in [4.78, 5) is 0. The van der Waals surface area contributed by atoms with Crippen LogP contribution in [-0.4, -0.2) is 0 Å². The van der Waals surface area contributed by atoms with E-state index < -0.39 is 6.04 Å². The molecule has 3 rings (SSSR count). The number of benzene rings is 3. The summed E-state index contributed by atoms with van der Waals surface area (Å²) in [6.07, 6.45) is 0. The van der Waals surface area contributed by atoms with E-state index in [2.05, 4.69) is 38.2 Å². The zero-order valence-corrected chi connectivity index (χ0v) is 13.6. The molecule has 0 spiro atoms. The van der Waals surface area contributed by atoms with Gasteiger partial charge >= 0.3 is 0 Å². The van der Waals surface area contributed by atoms with Crippen LogP contribution in [0.2, 0.25) is 0 Å². The first-order chi connectivity index (χ1) is 13.1. The zero-order chi connectivity index (χ0) is 20.6. The van der Waals surface area contributed by atoms with E-state index in [1.807, 2.05) is 36.4 Å². The summed E-state index contributed by atoms with van der Waals surface area (Å²) in [6, 6.07) is 14.2. The normalized spacial score (nSPS) is 14.3. The Morgan fingerprint density at radius 1 is 0.826 bits per heavy atom. The second-order valence-corrected chi connectivity index (χ2v) is 6.50. The van der Waals surface area contributed by atoms with Crippen molar-refractivity contribution in [3.63, 3.8) is 0 Å². The molecule has 0 aliphatic heterocycles. The van der Waals surface area contributed by atoms with E-state index in [9.17, 15) is 0 Å². The SMILES string of the molecule is [2H]c1c([2H])c([2H])c(Nc2ccccc2-c2ccc(C(C)(C)C)cc2)c([2H])c1[2H]. The van der Waals surface area contributed by atoms with Crippen LogP contribution in [0.15, 0.2) is 78.7 Å². The molecule has 0 heterocycles. The van der Waals surface area contributed by atoms with Gasteiger partial charge in [-0.3, -0.25) is 0 Å². The summed E-state index contributed by atoms with van der Waals surface area (Å²) < 4.78 is 39.7. The fourth-order valence-corrected chi connectivity index (χ4v) is 2.44. The summed E-state index contributed by atoms with van der Waals surface area (Å²) >= 11 is 0. The maximum atomic E-state index is 8.12. The van der Waals surface area contributed by atoms with Crippen molar-refractivity contribution in [3.05, 3.63) is 84.3 Å². The van der Waals surface area contributed by atoms with Gasteiger partial charge in [-0.05, 0) is 34.7 Å². The Kier molecular flexibility index (Phi) is 2.81. The lowest BCUT2D eigenvalue weighted by Gasteiger charge is -2.19. The molecule has 0 unspecified atom stereocenters. The van der Waals surface area contributed by atoms with Crippen LogP contribution in [0.1, 0.15) is 33.2 Å². The van der Waals surface area contributed by atoms with E-state index in [1.54, 1.807) is 0 Å². The highest BCUT2D eigenvalue weighted by Crippen LogP contribution is 2.32. The smallest absolute Gasteiger partial charge is 0.0645 e. The molecule has 1 nitrogen and oxygen atoms in total. The van der Waals surface area contributed by atoms with Gasteiger partial charge in [-0.1, -0.05) is 81.4 Å². The molecule has 1 heteroatoms. The molecule has 116 valence electrons. The van der Waals surface area contributed by atoms with Crippen molar-refractivity contribution in [1.29, 1.82) is 0 Å². The van der Waals surface area contributed by atoms with Gasteiger partial charge in [-0.2, -0.15) is 0 Å². The summed E-state index contributed by atoms with van der Waals surface area (Å²) in [6.45, 7) is 6.49. The average molecular weight is 306 g/mol. The maximum absolute atomic E-state index is 8.12. The lowest BCUT2D eigenvalue weighted by atomic mass is 9.86. The minimum absolute atomic E-state index is 0.0591. The second kappa shape index (κ2) is 6.29. The molecule has 0 radical (unpaired) electrons. The Balaban J connectivity index is 2.06. The van der Waals surface area contributed by atoms with Crippen LogP contribution < -0.4 is 5.32 Å². The van der Waals surface area contributed by atoms with Crippen molar-refractivity contribution in [3.8, 4) is 11.1 Å². The van der Waals surface area contributed by atoms with Crippen LogP contribution in [0.4, 0.5) is 11.4 Å². The average Bonchev–Trinajstić information content (AvgIpc) is 2.68. The van der Waals surface area contributed by atoms with Gasteiger partial charge in [0.15, 0.2) is 0 Å². The highest BCUT2D eigenvalue weighted by Gasteiger charge is 2.13. The molecule has 3 aromatic rings. The molecular formula is C22H23N. The number of hydrogen-bond acceptors (Lipinski definition) is 1. The van der Waals surface area contributed by atoms with E-state index in [0.717, 1.165) is 11.1 Å². The van der Waals surface area contributed by atoms with Gasteiger partial charge in [-0.15, -0.1) is 0 Å². The number of anilines is 2. The van der Waals surface area contributed by atoms with Crippen LogP contribution in [0.25, 0.3) is 11.1 Å². The molecular weight excluding hydrogens is 278 g/mol. The Labute approximate surface area is 146 Å². The summed E-state index contributed by atoms with van der Waals surface area (Å²) in [5.74, 6) is 0. The van der Waals surface area contributed by atoms with Gasteiger partial charge in [0.2, 0.25) is 0 Å². The molecule has 0 amide bonds. The number of para-hydroxylation sites is 2. The van der Waals surface area contributed by atoms with Crippen LogP contribution >= 0.6 is 0 Å². The maximum Gasteiger partial charge on any atom is 0.0645 e. The van der Waals surface area contributed by atoms with Crippen molar-refractivity contribution >= 4 is 11.4 Å². The number of rotatable bonds is 3. The highest BCUT2D eigenvalue weighted by molar-refractivity contribution is 5.81. The van der Waals surface area contributed by atoms with E-state index in [4.69, 9.17) is 6.85 Å². The first-order valence-corrected chi connectivity index (χ1v) is 7.65.